The van der Waals surface area contributed by atoms with Crippen molar-refractivity contribution in [3.8, 4) is 11.1 Å². The zero-order valence-electron chi connectivity index (χ0n) is 20.9. The highest BCUT2D eigenvalue weighted by molar-refractivity contribution is 7.99. The van der Waals surface area contributed by atoms with Crippen LogP contribution in [0.3, 0.4) is 0 Å². The van der Waals surface area contributed by atoms with E-state index in [1.165, 1.54) is 0 Å². The third-order valence-corrected chi connectivity index (χ3v) is 7.86. The van der Waals surface area contributed by atoms with Crippen LogP contribution in [0.2, 0.25) is 0 Å². The third-order valence-electron chi connectivity index (χ3n) is 6.76. The summed E-state index contributed by atoms with van der Waals surface area (Å²) in [4.78, 5) is 0. The molecule has 1 aromatic heterocycles. The van der Waals surface area contributed by atoms with E-state index in [4.69, 9.17) is 15.2 Å². The number of rotatable bonds is 8. The summed E-state index contributed by atoms with van der Waals surface area (Å²) in [5, 5.41) is 22.0. The quantitative estimate of drug-likeness (QED) is 0.331. The van der Waals surface area contributed by atoms with E-state index in [1.807, 2.05) is 43.4 Å². The van der Waals surface area contributed by atoms with Crippen LogP contribution in [0.15, 0.2) is 78.0 Å². The minimum absolute atomic E-state index is 0.0125. The lowest BCUT2D eigenvalue weighted by Crippen LogP contribution is -2.38. The zero-order valence-corrected chi connectivity index (χ0v) is 21.7. The van der Waals surface area contributed by atoms with Gasteiger partial charge < -0.3 is 20.3 Å². The molecule has 0 spiro atoms. The van der Waals surface area contributed by atoms with E-state index in [2.05, 4.69) is 58.8 Å². The molecular weight excluding hydrogens is 486 g/mol. The third kappa shape index (κ3) is 5.76. The number of aliphatic hydroxyl groups excluding tert-OH is 1. The SMILES string of the molecule is C[C@@H]1[C@H](CSc2nnnn2C)O[C@H](c2ccc(-c3cccc(CN)c3)cc2)O[C@@H]1c1ccc(CO)cc1. The molecule has 37 heavy (non-hydrogen) atoms. The van der Waals surface area contributed by atoms with Crippen molar-refractivity contribution in [2.75, 3.05) is 5.75 Å². The van der Waals surface area contributed by atoms with Gasteiger partial charge in [-0.05, 0) is 44.3 Å². The molecule has 4 aromatic rings. The Balaban J connectivity index is 1.40. The second kappa shape index (κ2) is 11.5. The summed E-state index contributed by atoms with van der Waals surface area (Å²) in [6.07, 6.45) is -0.786. The molecule has 5 rings (SSSR count). The molecule has 8 nitrogen and oxygen atoms in total. The molecule has 2 heterocycles. The number of aromatic nitrogens is 4. The number of tetrazole rings is 1. The molecule has 3 N–H and O–H groups in total. The maximum absolute atomic E-state index is 9.46. The van der Waals surface area contributed by atoms with Gasteiger partial charge in [0.2, 0.25) is 5.16 Å². The predicted octanol–water partition coefficient (Wildman–Crippen LogP) is 4.41. The number of hydrogen-bond donors (Lipinski definition) is 2. The van der Waals surface area contributed by atoms with Gasteiger partial charge in [-0.15, -0.1) is 5.10 Å². The zero-order chi connectivity index (χ0) is 25.8. The maximum atomic E-state index is 9.46. The van der Waals surface area contributed by atoms with E-state index >= 15 is 0 Å². The van der Waals surface area contributed by atoms with Crippen molar-refractivity contribution in [3.63, 3.8) is 0 Å². The highest BCUT2D eigenvalue weighted by Gasteiger charge is 2.38. The topological polar surface area (TPSA) is 108 Å². The summed E-state index contributed by atoms with van der Waals surface area (Å²) in [6.45, 7) is 2.67. The fraction of sp³-hybridized carbons (Fsp3) is 0.321. The summed E-state index contributed by atoms with van der Waals surface area (Å²) >= 11 is 1.57. The van der Waals surface area contributed by atoms with Gasteiger partial charge in [0.05, 0.1) is 18.8 Å². The molecule has 1 saturated heterocycles. The fourth-order valence-electron chi connectivity index (χ4n) is 4.52. The van der Waals surface area contributed by atoms with Crippen molar-refractivity contribution in [1.82, 2.24) is 20.2 Å². The predicted molar refractivity (Wildman–Crippen MR) is 142 cm³/mol. The largest absolute Gasteiger partial charge is 0.392 e. The lowest BCUT2D eigenvalue weighted by atomic mass is 9.91. The molecule has 0 saturated carbocycles. The molecule has 0 amide bonds. The lowest BCUT2D eigenvalue weighted by molar-refractivity contribution is -0.268. The monoisotopic (exact) mass is 517 g/mol. The van der Waals surface area contributed by atoms with Crippen LogP contribution < -0.4 is 5.73 Å². The van der Waals surface area contributed by atoms with E-state index in [9.17, 15) is 5.11 Å². The second-order valence-corrected chi connectivity index (χ2v) is 10.2. The Kier molecular flexibility index (Phi) is 7.97. The highest BCUT2D eigenvalue weighted by atomic mass is 32.2. The molecule has 1 fully saturated rings. The van der Waals surface area contributed by atoms with Crippen molar-refractivity contribution >= 4 is 11.8 Å². The van der Waals surface area contributed by atoms with E-state index in [1.54, 1.807) is 16.4 Å². The average molecular weight is 518 g/mol. The summed E-state index contributed by atoms with van der Waals surface area (Å²) in [7, 11) is 1.83. The lowest BCUT2D eigenvalue weighted by Gasteiger charge is -2.41. The molecule has 1 aliphatic rings. The van der Waals surface area contributed by atoms with E-state index in [0.717, 1.165) is 38.5 Å². The Hall–Kier alpha value is -3.08. The van der Waals surface area contributed by atoms with Gasteiger partial charge in [-0.3, -0.25) is 0 Å². The van der Waals surface area contributed by atoms with Gasteiger partial charge in [0, 0.05) is 30.8 Å². The van der Waals surface area contributed by atoms with Crippen molar-refractivity contribution in [3.05, 3.63) is 95.1 Å². The fourth-order valence-corrected chi connectivity index (χ4v) is 5.53. The molecule has 0 bridgehead atoms. The number of aryl methyl sites for hydroxylation is 1. The maximum Gasteiger partial charge on any atom is 0.209 e. The van der Waals surface area contributed by atoms with Gasteiger partial charge >= 0.3 is 0 Å². The van der Waals surface area contributed by atoms with Crippen LogP contribution >= 0.6 is 11.8 Å². The Labute approximate surface area is 220 Å². The van der Waals surface area contributed by atoms with E-state index < -0.39 is 6.29 Å². The van der Waals surface area contributed by atoms with Gasteiger partial charge in [-0.25, -0.2) is 4.68 Å². The number of nitrogens with zero attached hydrogens (tertiary/aromatic N) is 4. The van der Waals surface area contributed by atoms with Crippen molar-refractivity contribution in [1.29, 1.82) is 0 Å². The van der Waals surface area contributed by atoms with Crippen molar-refractivity contribution in [2.24, 2.45) is 18.7 Å². The number of benzene rings is 3. The Morgan fingerprint density at radius 1 is 0.946 bits per heavy atom. The summed E-state index contributed by atoms with van der Waals surface area (Å²) in [6, 6.07) is 24.5. The van der Waals surface area contributed by atoms with Crippen LogP contribution in [-0.4, -0.2) is 37.2 Å². The number of hydrogen-bond acceptors (Lipinski definition) is 8. The molecule has 0 unspecified atom stereocenters. The minimum Gasteiger partial charge on any atom is -0.392 e. The van der Waals surface area contributed by atoms with Gasteiger partial charge in [0.25, 0.3) is 0 Å². The van der Waals surface area contributed by atoms with Crippen LogP contribution in [0.1, 0.15) is 41.6 Å². The molecule has 9 heteroatoms. The number of aliphatic hydroxyl groups is 1. The molecule has 0 aliphatic carbocycles. The van der Waals surface area contributed by atoms with Crippen molar-refractivity contribution < 1.29 is 14.6 Å². The number of thioether (sulfide) groups is 1. The first-order chi connectivity index (χ1) is 18.1. The first kappa shape index (κ1) is 25.6. The number of ether oxygens (including phenoxy) is 2. The first-order valence-electron chi connectivity index (χ1n) is 12.3. The molecule has 1 aliphatic heterocycles. The van der Waals surface area contributed by atoms with E-state index in [-0.39, 0.29) is 24.7 Å². The molecule has 3 aromatic carbocycles. The van der Waals surface area contributed by atoms with Crippen LogP contribution in [0.5, 0.6) is 0 Å². The summed E-state index contributed by atoms with van der Waals surface area (Å²) < 4.78 is 14.7. The van der Waals surface area contributed by atoms with Crippen LogP contribution in [-0.2, 0) is 29.7 Å². The van der Waals surface area contributed by atoms with E-state index in [0.29, 0.717) is 12.3 Å². The van der Waals surface area contributed by atoms with Crippen molar-refractivity contribution in [2.45, 2.75) is 43.7 Å². The van der Waals surface area contributed by atoms with Crippen LogP contribution in [0, 0.1) is 5.92 Å². The normalized spacial score (nSPS) is 21.7. The minimum atomic E-state index is -0.522. The van der Waals surface area contributed by atoms with Gasteiger partial charge in [0.1, 0.15) is 0 Å². The molecule has 0 radical (unpaired) electrons. The van der Waals surface area contributed by atoms with Crippen LogP contribution in [0.25, 0.3) is 11.1 Å². The first-order valence-corrected chi connectivity index (χ1v) is 13.3. The second-order valence-electron chi connectivity index (χ2n) is 9.24. The molecular formula is C28H31N5O3S. The Bertz CT molecular complexity index is 1310. The molecule has 192 valence electrons. The summed E-state index contributed by atoms with van der Waals surface area (Å²) in [5.74, 6) is 0.771. The van der Waals surface area contributed by atoms with Gasteiger partial charge in [-0.1, -0.05) is 85.4 Å². The summed E-state index contributed by atoms with van der Waals surface area (Å²) in [5.41, 5.74) is 12.1. The standard InChI is InChI=1S/C28H31N5O3S/c1-18-25(17-37-28-30-31-32-33(28)2)35-27(36-26(18)22-8-6-19(16-34)7-9-22)23-12-10-21(11-13-23)24-5-3-4-20(14-24)15-29/h3-14,18,25-27,34H,15-17,29H2,1-2H3/t18-,25+,26+,27+/m1/s1. The van der Waals surface area contributed by atoms with Crippen LogP contribution in [0.4, 0.5) is 0 Å². The number of nitrogens with two attached hydrogens (primary N) is 1. The molecule has 4 atom stereocenters. The Morgan fingerprint density at radius 3 is 2.38 bits per heavy atom. The smallest absolute Gasteiger partial charge is 0.209 e. The average Bonchev–Trinajstić information content (AvgIpc) is 3.37. The Morgan fingerprint density at radius 2 is 1.70 bits per heavy atom. The van der Waals surface area contributed by atoms with Gasteiger partial charge in [-0.2, -0.15) is 0 Å². The highest BCUT2D eigenvalue weighted by Crippen LogP contribution is 2.43. The van der Waals surface area contributed by atoms with Gasteiger partial charge in [0.15, 0.2) is 6.29 Å².